The molecule has 0 bridgehead atoms. The summed E-state index contributed by atoms with van der Waals surface area (Å²) in [5, 5.41) is 17.2. The maximum Gasteiger partial charge on any atom is 0.169 e. The minimum atomic E-state index is 0.589. The molecule has 0 amide bonds. The van der Waals surface area contributed by atoms with Gasteiger partial charge in [0.25, 0.3) is 0 Å². The number of ether oxygens (including phenoxy) is 1. The van der Waals surface area contributed by atoms with Crippen LogP contribution in [0.25, 0.3) is 0 Å². The van der Waals surface area contributed by atoms with Gasteiger partial charge in [0.15, 0.2) is 5.82 Å². The maximum absolute atomic E-state index is 9.12. The van der Waals surface area contributed by atoms with Crippen molar-refractivity contribution in [1.82, 2.24) is 10.2 Å². The van der Waals surface area contributed by atoms with Gasteiger partial charge in [-0.25, -0.2) is 0 Å². The fraction of sp³-hybridized carbons (Fsp3) is 0.545. The molecule has 0 unspecified atom stereocenters. The number of nitriles is 1. The number of methoxy groups -OCH3 is 1. The van der Waals surface area contributed by atoms with E-state index in [1.54, 1.807) is 7.11 Å². The third-order valence-corrected chi connectivity index (χ3v) is 2.54. The van der Waals surface area contributed by atoms with E-state index in [9.17, 15) is 0 Å². The van der Waals surface area contributed by atoms with Crippen LogP contribution in [0.5, 0.6) is 0 Å². The predicted octanol–water partition coefficient (Wildman–Crippen LogP) is 1.05. The third-order valence-electron chi connectivity index (χ3n) is 2.54. The van der Waals surface area contributed by atoms with Gasteiger partial charge in [-0.05, 0) is 19.4 Å². The van der Waals surface area contributed by atoms with Crippen LogP contribution in [-0.4, -0.2) is 37.5 Å². The minimum Gasteiger partial charge on any atom is -0.383 e. The summed E-state index contributed by atoms with van der Waals surface area (Å²) < 4.78 is 4.99. The maximum atomic E-state index is 9.12. The summed E-state index contributed by atoms with van der Waals surface area (Å²) in [6.07, 6.45) is 0. The van der Waals surface area contributed by atoms with Gasteiger partial charge in [-0.1, -0.05) is 0 Å². The molecule has 0 N–H and O–H groups in total. The Morgan fingerprint density at radius 3 is 2.62 bits per heavy atom. The van der Waals surface area contributed by atoms with Crippen LogP contribution in [0.4, 0.5) is 5.82 Å². The van der Waals surface area contributed by atoms with Crippen molar-refractivity contribution in [3.8, 4) is 6.07 Å². The Labute approximate surface area is 95.7 Å². The number of hydrogen-bond donors (Lipinski definition) is 0. The molecule has 0 aliphatic carbocycles. The van der Waals surface area contributed by atoms with Crippen LogP contribution in [-0.2, 0) is 4.74 Å². The van der Waals surface area contributed by atoms with Gasteiger partial charge in [0, 0.05) is 20.7 Å². The number of likely N-dealkylation sites (N-methyl/N-ethyl adjacent to an activating group) is 1. The lowest BCUT2D eigenvalue weighted by atomic mass is 10.1. The van der Waals surface area contributed by atoms with Gasteiger partial charge >= 0.3 is 0 Å². The minimum absolute atomic E-state index is 0.589. The van der Waals surface area contributed by atoms with Crippen LogP contribution < -0.4 is 4.90 Å². The molecule has 0 saturated carbocycles. The molecule has 1 heterocycles. The predicted molar refractivity (Wildman–Crippen MR) is 61.4 cm³/mol. The number of nitrogens with zero attached hydrogens (tertiary/aromatic N) is 4. The van der Waals surface area contributed by atoms with Gasteiger partial charge in [-0.2, -0.15) is 10.4 Å². The molecule has 1 aromatic rings. The summed E-state index contributed by atoms with van der Waals surface area (Å²) in [5.74, 6) is 0.614. The fourth-order valence-corrected chi connectivity index (χ4v) is 1.33. The normalized spacial score (nSPS) is 9.94. The second-order valence-corrected chi connectivity index (χ2v) is 3.64. The molecule has 5 nitrogen and oxygen atoms in total. The smallest absolute Gasteiger partial charge is 0.169 e. The van der Waals surface area contributed by atoms with E-state index in [2.05, 4.69) is 16.3 Å². The Morgan fingerprint density at radius 1 is 1.38 bits per heavy atom. The standard InChI is InChI=1S/C11H16N4O/c1-8-9(2)13-14-11(10(8)7-12)15(3)5-6-16-4/h5-6H2,1-4H3. The van der Waals surface area contributed by atoms with E-state index < -0.39 is 0 Å². The largest absolute Gasteiger partial charge is 0.383 e. The van der Waals surface area contributed by atoms with Crippen molar-refractivity contribution in [2.24, 2.45) is 0 Å². The zero-order valence-corrected chi connectivity index (χ0v) is 10.1. The zero-order valence-electron chi connectivity index (χ0n) is 10.1. The highest BCUT2D eigenvalue weighted by Crippen LogP contribution is 2.19. The van der Waals surface area contributed by atoms with E-state index in [1.165, 1.54) is 0 Å². The molecule has 0 atom stereocenters. The van der Waals surface area contributed by atoms with Crippen LogP contribution in [0.3, 0.4) is 0 Å². The third kappa shape index (κ3) is 2.47. The molecule has 0 radical (unpaired) electrons. The highest BCUT2D eigenvalue weighted by Gasteiger charge is 2.13. The first-order valence-corrected chi connectivity index (χ1v) is 5.05. The van der Waals surface area contributed by atoms with Crippen LogP contribution in [0.15, 0.2) is 0 Å². The van der Waals surface area contributed by atoms with Gasteiger partial charge < -0.3 is 9.64 Å². The number of rotatable bonds is 4. The van der Waals surface area contributed by atoms with E-state index in [4.69, 9.17) is 10.00 Å². The second kappa shape index (κ2) is 5.42. The summed E-state index contributed by atoms with van der Waals surface area (Å²) in [7, 11) is 3.52. The molecule has 1 rings (SSSR count). The Hall–Kier alpha value is -1.67. The molecule has 0 fully saturated rings. The van der Waals surface area contributed by atoms with Crippen LogP contribution in [0.2, 0.25) is 0 Å². The molecule has 0 aliphatic rings. The van der Waals surface area contributed by atoms with Crippen molar-refractivity contribution in [3.05, 3.63) is 16.8 Å². The quantitative estimate of drug-likeness (QED) is 0.759. The van der Waals surface area contributed by atoms with Gasteiger partial charge in [0.2, 0.25) is 0 Å². The number of aryl methyl sites for hydroxylation is 1. The molecule has 16 heavy (non-hydrogen) atoms. The van der Waals surface area contributed by atoms with E-state index in [0.717, 1.165) is 11.3 Å². The molecular weight excluding hydrogens is 204 g/mol. The summed E-state index contributed by atoms with van der Waals surface area (Å²) in [6.45, 7) is 5.01. The Bertz CT molecular complexity index is 411. The highest BCUT2D eigenvalue weighted by atomic mass is 16.5. The summed E-state index contributed by atoms with van der Waals surface area (Å²) in [6, 6.07) is 2.18. The molecule has 5 heteroatoms. The summed E-state index contributed by atoms with van der Waals surface area (Å²) >= 11 is 0. The van der Waals surface area contributed by atoms with Crippen molar-refractivity contribution >= 4 is 5.82 Å². The van der Waals surface area contributed by atoms with Crippen molar-refractivity contribution in [2.45, 2.75) is 13.8 Å². The average molecular weight is 220 g/mol. The Kier molecular flexibility index (Phi) is 4.20. The van der Waals surface area contributed by atoms with Gasteiger partial charge in [0.1, 0.15) is 11.6 Å². The molecule has 1 aromatic heterocycles. The van der Waals surface area contributed by atoms with Gasteiger partial charge in [-0.3, -0.25) is 0 Å². The SMILES string of the molecule is COCCN(C)c1nnc(C)c(C)c1C#N. The fourth-order valence-electron chi connectivity index (χ4n) is 1.33. The van der Waals surface area contributed by atoms with E-state index in [0.29, 0.717) is 24.5 Å². The van der Waals surface area contributed by atoms with E-state index >= 15 is 0 Å². The number of anilines is 1. The number of hydrogen-bond acceptors (Lipinski definition) is 5. The van der Waals surface area contributed by atoms with Crippen molar-refractivity contribution in [1.29, 1.82) is 5.26 Å². The van der Waals surface area contributed by atoms with Crippen LogP contribution in [0, 0.1) is 25.2 Å². The average Bonchev–Trinajstić information content (AvgIpc) is 2.29. The Balaban J connectivity index is 3.05. The van der Waals surface area contributed by atoms with Gasteiger partial charge in [-0.15, -0.1) is 5.10 Å². The molecular formula is C11H16N4O. The first-order valence-electron chi connectivity index (χ1n) is 5.05. The highest BCUT2D eigenvalue weighted by molar-refractivity contribution is 5.57. The lowest BCUT2D eigenvalue weighted by molar-refractivity contribution is 0.206. The molecule has 0 spiro atoms. The summed E-state index contributed by atoms with van der Waals surface area (Å²) in [5.41, 5.74) is 2.27. The summed E-state index contributed by atoms with van der Waals surface area (Å²) in [4.78, 5) is 1.88. The lowest BCUT2D eigenvalue weighted by Gasteiger charge is -2.19. The topological polar surface area (TPSA) is 62.0 Å². The zero-order chi connectivity index (χ0) is 12.1. The van der Waals surface area contributed by atoms with Crippen molar-refractivity contribution in [3.63, 3.8) is 0 Å². The van der Waals surface area contributed by atoms with Crippen LogP contribution in [0.1, 0.15) is 16.8 Å². The first-order chi connectivity index (χ1) is 7.61. The van der Waals surface area contributed by atoms with Gasteiger partial charge in [0.05, 0.1) is 12.3 Å². The number of aromatic nitrogens is 2. The van der Waals surface area contributed by atoms with Crippen molar-refractivity contribution < 1.29 is 4.74 Å². The van der Waals surface area contributed by atoms with Crippen molar-refractivity contribution in [2.75, 3.05) is 32.2 Å². The Morgan fingerprint density at radius 2 is 2.06 bits per heavy atom. The van der Waals surface area contributed by atoms with E-state index in [-0.39, 0.29) is 0 Å². The molecule has 0 saturated heterocycles. The lowest BCUT2D eigenvalue weighted by Crippen LogP contribution is -2.25. The molecule has 86 valence electrons. The van der Waals surface area contributed by atoms with Crippen LogP contribution >= 0.6 is 0 Å². The first kappa shape index (κ1) is 12.4. The molecule has 0 aromatic carbocycles. The monoisotopic (exact) mass is 220 g/mol. The molecule has 0 aliphatic heterocycles. The second-order valence-electron chi connectivity index (χ2n) is 3.64. The van der Waals surface area contributed by atoms with E-state index in [1.807, 2.05) is 25.8 Å².